The van der Waals surface area contributed by atoms with E-state index < -0.39 is 46.9 Å². The van der Waals surface area contributed by atoms with E-state index in [0.717, 1.165) is 35.4 Å². The minimum Gasteiger partial charge on any atom is -0.481 e. The van der Waals surface area contributed by atoms with Crippen molar-refractivity contribution < 1.29 is 38.4 Å². The highest BCUT2D eigenvalue weighted by Crippen LogP contribution is 2.64. The van der Waals surface area contributed by atoms with E-state index in [0.29, 0.717) is 18.6 Å². The molecular formula is C29H38N2O8. The first kappa shape index (κ1) is 27.5. The summed E-state index contributed by atoms with van der Waals surface area (Å²) in [6, 6.07) is 4.08. The van der Waals surface area contributed by atoms with Crippen LogP contribution in [0.4, 0.5) is 4.79 Å². The van der Waals surface area contributed by atoms with Crippen LogP contribution in [0.25, 0.3) is 0 Å². The molecule has 0 radical (unpaired) electrons. The second-order valence-electron chi connectivity index (χ2n) is 12.1. The SMILES string of the molecule is Cc1ccc2c3c1O[C@H]1C(OC(=O)[C@H](C)OC(=O)CCNC(=O)OC(C)(C)C)=CC[C@@]4(O)[C@@H](C2)N(C)CC[C@]314. The summed E-state index contributed by atoms with van der Waals surface area (Å²) in [5.41, 5.74) is 0.739. The fourth-order valence-corrected chi connectivity index (χ4v) is 6.67. The number of hydrogen-bond acceptors (Lipinski definition) is 9. The van der Waals surface area contributed by atoms with E-state index in [1.54, 1.807) is 26.8 Å². The molecule has 2 aliphatic heterocycles. The lowest BCUT2D eigenvalue weighted by atomic mass is 9.50. The van der Waals surface area contributed by atoms with Gasteiger partial charge in [-0.25, -0.2) is 9.59 Å². The fraction of sp³-hybridized carbons (Fsp3) is 0.621. The van der Waals surface area contributed by atoms with Crippen LogP contribution in [-0.4, -0.2) is 77.6 Å². The Hall–Kier alpha value is -3.11. The van der Waals surface area contributed by atoms with Crippen LogP contribution in [0.5, 0.6) is 5.75 Å². The maximum atomic E-state index is 13.0. The summed E-state index contributed by atoms with van der Waals surface area (Å²) in [6.07, 6.45) is 0.860. The van der Waals surface area contributed by atoms with Crippen molar-refractivity contribution in [2.45, 2.75) is 95.2 Å². The third kappa shape index (κ3) is 4.47. The number of aryl methyl sites for hydroxylation is 1. The Labute approximate surface area is 228 Å². The summed E-state index contributed by atoms with van der Waals surface area (Å²) in [6.45, 7) is 9.44. The highest BCUT2D eigenvalue weighted by molar-refractivity contribution is 5.80. The molecule has 2 N–H and O–H groups in total. The van der Waals surface area contributed by atoms with Crippen molar-refractivity contribution in [3.05, 3.63) is 40.7 Å². The Bertz CT molecular complexity index is 1240. The van der Waals surface area contributed by atoms with Crippen LogP contribution in [0, 0.1) is 6.92 Å². The first-order chi connectivity index (χ1) is 18.3. The Balaban J connectivity index is 1.27. The number of piperidine rings is 1. The molecule has 212 valence electrons. The number of ether oxygens (including phenoxy) is 4. The highest BCUT2D eigenvalue weighted by Gasteiger charge is 2.71. The second kappa shape index (κ2) is 9.52. The van der Waals surface area contributed by atoms with Gasteiger partial charge in [0.2, 0.25) is 0 Å². The number of nitrogens with one attached hydrogen (secondary N) is 1. The van der Waals surface area contributed by atoms with Crippen molar-refractivity contribution in [3.63, 3.8) is 0 Å². The number of benzene rings is 1. The summed E-state index contributed by atoms with van der Waals surface area (Å²) in [5.74, 6) is -0.282. The van der Waals surface area contributed by atoms with E-state index >= 15 is 0 Å². The topological polar surface area (TPSA) is 124 Å². The molecule has 0 saturated carbocycles. The van der Waals surface area contributed by atoms with Gasteiger partial charge in [0.05, 0.1) is 17.4 Å². The van der Waals surface area contributed by atoms with E-state index in [1.807, 2.05) is 20.0 Å². The minimum absolute atomic E-state index is 0.00718. The van der Waals surface area contributed by atoms with Crippen molar-refractivity contribution in [3.8, 4) is 5.75 Å². The number of amides is 1. The summed E-state index contributed by atoms with van der Waals surface area (Å²) in [7, 11) is 2.04. The quantitative estimate of drug-likeness (QED) is 0.412. The predicted octanol–water partition coefficient (Wildman–Crippen LogP) is 2.66. The van der Waals surface area contributed by atoms with Crippen LogP contribution in [0.15, 0.2) is 24.0 Å². The summed E-state index contributed by atoms with van der Waals surface area (Å²) in [4.78, 5) is 39.3. The van der Waals surface area contributed by atoms with Gasteiger partial charge in [-0.15, -0.1) is 0 Å². The molecule has 10 nitrogen and oxygen atoms in total. The monoisotopic (exact) mass is 542 g/mol. The molecule has 5 rings (SSSR count). The van der Waals surface area contributed by atoms with Crippen LogP contribution in [0.3, 0.4) is 0 Å². The molecule has 4 aliphatic rings. The second-order valence-corrected chi connectivity index (χ2v) is 12.1. The van der Waals surface area contributed by atoms with Crippen molar-refractivity contribution in [1.82, 2.24) is 10.2 Å². The molecule has 0 aromatic heterocycles. The van der Waals surface area contributed by atoms with Crippen molar-refractivity contribution >= 4 is 18.0 Å². The van der Waals surface area contributed by atoms with Crippen molar-refractivity contribution in [1.29, 1.82) is 0 Å². The van der Waals surface area contributed by atoms with Crippen LogP contribution in [-0.2, 0) is 35.6 Å². The fourth-order valence-electron chi connectivity index (χ4n) is 6.67. The first-order valence-corrected chi connectivity index (χ1v) is 13.6. The standard InChI is InChI=1S/C29H38N2O8/c1-16-7-8-18-15-20-29(35)11-9-19(24-28(29,12-14-31(20)6)22(18)23(16)38-24)37-25(33)17(2)36-21(32)10-13-30-26(34)39-27(3,4)5/h7-9,17,20,24,35H,10-15H2,1-6H3,(H,30,34)/t17-,20+,24-,28-,29+/m0/s1. The predicted molar refractivity (Wildman–Crippen MR) is 140 cm³/mol. The van der Waals surface area contributed by atoms with E-state index in [9.17, 15) is 19.5 Å². The van der Waals surface area contributed by atoms with Crippen LogP contribution in [0.1, 0.15) is 63.6 Å². The largest absolute Gasteiger partial charge is 0.481 e. The number of rotatable bonds is 6. The van der Waals surface area contributed by atoms with E-state index in [2.05, 4.69) is 16.3 Å². The van der Waals surface area contributed by atoms with Crippen LogP contribution >= 0.6 is 0 Å². The molecule has 39 heavy (non-hydrogen) atoms. The van der Waals surface area contributed by atoms with E-state index in [4.69, 9.17) is 18.9 Å². The molecule has 1 fully saturated rings. The molecule has 1 amide bonds. The average Bonchev–Trinajstić information content (AvgIpc) is 3.19. The highest BCUT2D eigenvalue weighted by atomic mass is 16.6. The van der Waals surface area contributed by atoms with Gasteiger partial charge in [-0.1, -0.05) is 12.1 Å². The van der Waals surface area contributed by atoms with E-state index in [1.165, 1.54) is 6.92 Å². The summed E-state index contributed by atoms with van der Waals surface area (Å²) >= 11 is 0. The van der Waals surface area contributed by atoms with Crippen LogP contribution in [0.2, 0.25) is 0 Å². The van der Waals surface area contributed by atoms with Gasteiger partial charge in [-0.05, 0) is 78.3 Å². The van der Waals surface area contributed by atoms with Gasteiger partial charge in [-0.3, -0.25) is 4.79 Å². The minimum atomic E-state index is -1.17. The number of carbonyl (C=O) groups excluding carboxylic acids is 3. The average molecular weight is 543 g/mol. The van der Waals surface area contributed by atoms with Gasteiger partial charge < -0.3 is 34.3 Å². The lowest BCUT2D eigenvalue weighted by molar-refractivity contribution is -0.175. The van der Waals surface area contributed by atoms with Gasteiger partial charge in [-0.2, -0.15) is 0 Å². The normalized spacial score (nSPS) is 29.4. The lowest BCUT2D eigenvalue weighted by Crippen LogP contribution is -2.74. The number of likely N-dealkylation sites (tertiary alicyclic amines) is 1. The summed E-state index contributed by atoms with van der Waals surface area (Å²) in [5, 5.41) is 14.7. The van der Waals surface area contributed by atoms with E-state index in [-0.39, 0.29) is 19.0 Å². The number of aliphatic hydroxyl groups is 1. The van der Waals surface area contributed by atoms with Gasteiger partial charge in [0, 0.05) is 24.6 Å². The number of hydrogen-bond donors (Lipinski definition) is 2. The third-order valence-corrected chi connectivity index (χ3v) is 8.43. The molecule has 10 heteroatoms. The maximum absolute atomic E-state index is 13.0. The third-order valence-electron chi connectivity index (χ3n) is 8.43. The Morgan fingerprint density at radius 2 is 2.03 bits per heavy atom. The van der Waals surface area contributed by atoms with Crippen molar-refractivity contribution in [2.75, 3.05) is 20.1 Å². The lowest BCUT2D eigenvalue weighted by Gasteiger charge is -2.61. The zero-order valence-corrected chi connectivity index (χ0v) is 23.5. The smallest absolute Gasteiger partial charge is 0.407 e. The Morgan fingerprint density at radius 3 is 2.74 bits per heavy atom. The molecule has 2 bridgehead atoms. The van der Waals surface area contributed by atoms with Gasteiger partial charge in [0.25, 0.3) is 0 Å². The zero-order chi connectivity index (χ0) is 28.3. The molecular weight excluding hydrogens is 504 g/mol. The molecule has 1 aromatic rings. The van der Waals surface area contributed by atoms with Gasteiger partial charge in [0.15, 0.2) is 12.2 Å². The molecule has 5 atom stereocenters. The number of carbonyl (C=O) groups is 3. The Kier molecular flexibility index (Phi) is 6.70. The number of alkyl carbamates (subject to hydrolysis) is 1. The molecule has 1 saturated heterocycles. The molecule has 2 aliphatic carbocycles. The maximum Gasteiger partial charge on any atom is 0.407 e. The number of esters is 2. The molecule has 0 unspecified atom stereocenters. The molecule has 1 aromatic carbocycles. The summed E-state index contributed by atoms with van der Waals surface area (Å²) < 4.78 is 22.7. The van der Waals surface area contributed by atoms with Gasteiger partial charge in [0.1, 0.15) is 17.1 Å². The zero-order valence-electron chi connectivity index (χ0n) is 23.5. The Morgan fingerprint density at radius 1 is 1.28 bits per heavy atom. The number of likely N-dealkylation sites (N-methyl/N-ethyl adjacent to an activating group) is 1. The van der Waals surface area contributed by atoms with Crippen LogP contribution < -0.4 is 10.1 Å². The molecule has 1 spiro atoms. The number of nitrogens with zero attached hydrogens (tertiary/aromatic N) is 1. The van der Waals surface area contributed by atoms with Gasteiger partial charge >= 0.3 is 18.0 Å². The van der Waals surface area contributed by atoms with Crippen molar-refractivity contribution in [2.24, 2.45) is 0 Å². The first-order valence-electron chi connectivity index (χ1n) is 13.6. The molecule has 2 heterocycles.